The van der Waals surface area contributed by atoms with Gasteiger partial charge in [0.05, 0.1) is 40.6 Å². The Hall–Kier alpha value is -1.97. The van der Waals surface area contributed by atoms with Crippen LogP contribution in [0.15, 0.2) is 12.1 Å². The first-order valence-corrected chi connectivity index (χ1v) is 5.81. The first kappa shape index (κ1) is 13.5. The van der Waals surface area contributed by atoms with E-state index in [1.54, 1.807) is 26.4 Å². The molecule has 1 aliphatic heterocycles. The average Bonchev–Trinajstić information content (AvgIpc) is 3.22. The van der Waals surface area contributed by atoms with Crippen LogP contribution in [-0.2, 0) is 11.4 Å². The smallest absolute Gasteiger partial charge is 0.203 e. The van der Waals surface area contributed by atoms with Crippen LogP contribution < -0.4 is 14.2 Å². The molecule has 2 rings (SSSR count). The Balaban J connectivity index is 2.10. The highest BCUT2D eigenvalue weighted by molar-refractivity contribution is 5.53. The van der Waals surface area contributed by atoms with E-state index in [4.69, 9.17) is 24.3 Å². The third kappa shape index (κ3) is 2.89. The van der Waals surface area contributed by atoms with Crippen LogP contribution in [0, 0.1) is 11.3 Å². The lowest BCUT2D eigenvalue weighted by atomic mass is 10.2. The predicted octanol–water partition coefficient (Wildman–Crippen LogP) is 1.35. The van der Waals surface area contributed by atoms with Crippen molar-refractivity contribution in [2.24, 2.45) is 0 Å². The standard InChI is InChI=1S/C13H16N2O4/c1-16-11-4-9(5-12(17-2)13(11)18-3)8-19-15-7-10(15)6-14/h4-5,10H,7-8H2,1-3H3. The Bertz CT molecular complexity index is 473. The maximum atomic E-state index is 8.68. The molecule has 1 saturated heterocycles. The van der Waals surface area contributed by atoms with E-state index in [2.05, 4.69) is 6.07 Å². The van der Waals surface area contributed by atoms with Gasteiger partial charge in [-0.1, -0.05) is 0 Å². The zero-order chi connectivity index (χ0) is 13.8. The van der Waals surface area contributed by atoms with Crippen LogP contribution in [0.1, 0.15) is 5.56 Å². The van der Waals surface area contributed by atoms with E-state index in [-0.39, 0.29) is 6.04 Å². The molecule has 1 aliphatic rings. The molecule has 0 radical (unpaired) electrons. The molecule has 0 saturated carbocycles. The number of ether oxygens (including phenoxy) is 3. The molecule has 0 spiro atoms. The molecule has 1 heterocycles. The molecule has 0 N–H and O–H groups in total. The summed E-state index contributed by atoms with van der Waals surface area (Å²) in [6.45, 7) is 1.01. The third-order valence-corrected chi connectivity index (χ3v) is 2.84. The molecule has 0 amide bonds. The minimum Gasteiger partial charge on any atom is -0.493 e. The van der Waals surface area contributed by atoms with Crippen molar-refractivity contribution in [3.05, 3.63) is 17.7 Å². The van der Waals surface area contributed by atoms with Crippen LogP contribution >= 0.6 is 0 Å². The summed E-state index contributed by atoms with van der Waals surface area (Å²) < 4.78 is 15.8. The second-order valence-corrected chi connectivity index (χ2v) is 4.05. The quantitative estimate of drug-likeness (QED) is 0.723. The zero-order valence-electron chi connectivity index (χ0n) is 11.2. The van der Waals surface area contributed by atoms with E-state index in [9.17, 15) is 0 Å². The molecule has 2 unspecified atom stereocenters. The first-order chi connectivity index (χ1) is 9.23. The van der Waals surface area contributed by atoms with Crippen molar-refractivity contribution in [2.45, 2.75) is 12.6 Å². The second kappa shape index (κ2) is 5.78. The van der Waals surface area contributed by atoms with Crippen LogP contribution in [0.3, 0.4) is 0 Å². The molecule has 1 fully saturated rings. The van der Waals surface area contributed by atoms with Gasteiger partial charge >= 0.3 is 0 Å². The summed E-state index contributed by atoms with van der Waals surface area (Å²) in [7, 11) is 4.69. The summed E-state index contributed by atoms with van der Waals surface area (Å²) in [5.74, 6) is 1.72. The Kier molecular flexibility index (Phi) is 4.10. The van der Waals surface area contributed by atoms with Gasteiger partial charge in [-0.15, -0.1) is 0 Å². The van der Waals surface area contributed by atoms with Crippen LogP contribution in [0.2, 0.25) is 0 Å². The SMILES string of the molecule is COc1cc(CON2CC2C#N)cc(OC)c1OC. The van der Waals surface area contributed by atoms with E-state index in [0.29, 0.717) is 30.4 Å². The number of rotatable bonds is 6. The molecular formula is C13H16N2O4. The summed E-state index contributed by atoms with van der Waals surface area (Å²) in [4.78, 5) is 5.47. The highest BCUT2D eigenvalue weighted by atomic mass is 16.7. The lowest BCUT2D eigenvalue weighted by Crippen LogP contribution is -2.04. The maximum Gasteiger partial charge on any atom is 0.203 e. The molecule has 0 aliphatic carbocycles. The molecule has 0 aromatic heterocycles. The topological polar surface area (TPSA) is 63.7 Å². The lowest BCUT2D eigenvalue weighted by Gasteiger charge is -2.14. The van der Waals surface area contributed by atoms with E-state index in [1.807, 2.05) is 12.1 Å². The van der Waals surface area contributed by atoms with E-state index < -0.39 is 0 Å². The highest BCUT2D eigenvalue weighted by Gasteiger charge is 2.35. The third-order valence-electron chi connectivity index (χ3n) is 2.84. The number of hydrogen-bond donors (Lipinski definition) is 0. The Labute approximate surface area is 112 Å². The van der Waals surface area contributed by atoms with Gasteiger partial charge in [-0.3, -0.25) is 4.84 Å². The monoisotopic (exact) mass is 264 g/mol. The zero-order valence-corrected chi connectivity index (χ0v) is 11.2. The van der Waals surface area contributed by atoms with Crippen LogP contribution in [0.4, 0.5) is 0 Å². The number of hydroxylamine groups is 2. The number of nitriles is 1. The Morgan fingerprint density at radius 1 is 1.21 bits per heavy atom. The highest BCUT2D eigenvalue weighted by Crippen LogP contribution is 2.38. The van der Waals surface area contributed by atoms with Crippen molar-refractivity contribution in [1.29, 1.82) is 5.26 Å². The van der Waals surface area contributed by atoms with Crippen molar-refractivity contribution in [3.8, 4) is 23.3 Å². The molecule has 0 bridgehead atoms. The second-order valence-electron chi connectivity index (χ2n) is 4.05. The molecule has 1 aromatic rings. The van der Waals surface area contributed by atoms with Crippen LogP contribution in [0.5, 0.6) is 17.2 Å². The molecule has 6 nitrogen and oxygen atoms in total. The molecular weight excluding hydrogens is 248 g/mol. The van der Waals surface area contributed by atoms with Gasteiger partial charge < -0.3 is 14.2 Å². The van der Waals surface area contributed by atoms with Crippen molar-refractivity contribution >= 4 is 0 Å². The van der Waals surface area contributed by atoms with Gasteiger partial charge in [-0.2, -0.15) is 10.3 Å². The number of nitrogens with zero attached hydrogens (tertiary/aromatic N) is 2. The number of methoxy groups -OCH3 is 3. The fourth-order valence-electron chi connectivity index (χ4n) is 1.75. The maximum absolute atomic E-state index is 8.68. The molecule has 102 valence electrons. The minimum atomic E-state index is -0.123. The average molecular weight is 264 g/mol. The minimum absolute atomic E-state index is 0.123. The summed E-state index contributed by atoms with van der Waals surface area (Å²) in [6, 6.07) is 5.65. The predicted molar refractivity (Wildman–Crippen MR) is 67.0 cm³/mol. The fourth-order valence-corrected chi connectivity index (χ4v) is 1.75. The number of hydrogen-bond acceptors (Lipinski definition) is 6. The molecule has 19 heavy (non-hydrogen) atoms. The first-order valence-electron chi connectivity index (χ1n) is 5.81. The van der Waals surface area contributed by atoms with Gasteiger partial charge in [0.15, 0.2) is 11.5 Å². The van der Waals surface area contributed by atoms with Gasteiger partial charge in [0.2, 0.25) is 5.75 Å². The van der Waals surface area contributed by atoms with Gasteiger partial charge in [-0.25, -0.2) is 0 Å². The summed E-state index contributed by atoms with van der Waals surface area (Å²) >= 11 is 0. The molecule has 2 atom stereocenters. The molecule has 6 heteroatoms. The van der Waals surface area contributed by atoms with Gasteiger partial charge in [0, 0.05) is 0 Å². The summed E-state index contributed by atoms with van der Waals surface area (Å²) in [5, 5.41) is 10.3. The van der Waals surface area contributed by atoms with Crippen molar-refractivity contribution in [1.82, 2.24) is 5.06 Å². The van der Waals surface area contributed by atoms with E-state index in [0.717, 1.165) is 5.56 Å². The summed E-state index contributed by atoms with van der Waals surface area (Å²) in [5.41, 5.74) is 0.887. The van der Waals surface area contributed by atoms with Gasteiger partial charge in [-0.05, 0) is 17.7 Å². The van der Waals surface area contributed by atoms with Crippen molar-refractivity contribution < 1.29 is 19.0 Å². The van der Waals surface area contributed by atoms with Crippen LogP contribution in [-0.4, -0.2) is 39.0 Å². The largest absolute Gasteiger partial charge is 0.493 e. The van der Waals surface area contributed by atoms with Gasteiger partial charge in [0.1, 0.15) is 6.04 Å². The Morgan fingerprint density at radius 2 is 1.84 bits per heavy atom. The van der Waals surface area contributed by atoms with Crippen molar-refractivity contribution in [2.75, 3.05) is 27.9 Å². The molecule has 1 aromatic carbocycles. The normalized spacial score (nSPS) is 20.5. The lowest BCUT2D eigenvalue weighted by molar-refractivity contribution is -0.0827. The fraction of sp³-hybridized carbons (Fsp3) is 0.462. The number of benzene rings is 1. The summed E-state index contributed by atoms with van der Waals surface area (Å²) in [6.07, 6.45) is 0. The van der Waals surface area contributed by atoms with E-state index >= 15 is 0 Å². The van der Waals surface area contributed by atoms with Gasteiger partial charge in [0.25, 0.3) is 0 Å². The van der Waals surface area contributed by atoms with Crippen LogP contribution in [0.25, 0.3) is 0 Å². The van der Waals surface area contributed by atoms with Crippen molar-refractivity contribution in [3.63, 3.8) is 0 Å². The van der Waals surface area contributed by atoms with E-state index in [1.165, 1.54) is 0 Å². The Morgan fingerprint density at radius 3 is 2.26 bits per heavy atom.